The van der Waals surface area contributed by atoms with Crippen molar-refractivity contribution < 1.29 is 14.6 Å². The number of phenols is 1. The zero-order valence-electron chi connectivity index (χ0n) is 9.27. The van der Waals surface area contributed by atoms with Crippen molar-refractivity contribution >= 4 is 5.91 Å². The van der Waals surface area contributed by atoms with Gasteiger partial charge < -0.3 is 14.7 Å². The van der Waals surface area contributed by atoms with Gasteiger partial charge in [0, 0.05) is 13.1 Å². The average molecular weight is 221 g/mol. The second-order valence-electron chi connectivity index (χ2n) is 3.86. The molecule has 4 nitrogen and oxygen atoms in total. The number of amides is 1. The molecule has 1 aliphatic heterocycles. The highest BCUT2D eigenvalue weighted by molar-refractivity contribution is 5.97. The SMILES string of the molecule is COc1cccc(C(=O)N2CCCC2)c1O. The molecule has 1 heterocycles. The average Bonchev–Trinajstić information content (AvgIpc) is 2.82. The highest BCUT2D eigenvalue weighted by atomic mass is 16.5. The van der Waals surface area contributed by atoms with Gasteiger partial charge >= 0.3 is 0 Å². The van der Waals surface area contributed by atoms with E-state index in [4.69, 9.17) is 4.74 Å². The van der Waals surface area contributed by atoms with Gasteiger partial charge in [0.25, 0.3) is 5.91 Å². The molecule has 0 spiro atoms. The summed E-state index contributed by atoms with van der Waals surface area (Å²) in [5.74, 6) is 0.154. The third-order valence-electron chi connectivity index (χ3n) is 2.84. The number of aromatic hydroxyl groups is 1. The lowest BCUT2D eigenvalue weighted by molar-refractivity contribution is 0.0789. The quantitative estimate of drug-likeness (QED) is 0.825. The number of methoxy groups -OCH3 is 1. The zero-order valence-corrected chi connectivity index (χ0v) is 9.27. The largest absolute Gasteiger partial charge is 0.504 e. The van der Waals surface area contributed by atoms with Crippen LogP contribution >= 0.6 is 0 Å². The number of para-hydroxylation sites is 1. The molecule has 0 radical (unpaired) electrons. The van der Waals surface area contributed by atoms with E-state index in [1.54, 1.807) is 23.1 Å². The Morgan fingerprint density at radius 3 is 2.69 bits per heavy atom. The molecule has 2 rings (SSSR count). The van der Waals surface area contributed by atoms with Crippen molar-refractivity contribution in [1.29, 1.82) is 0 Å². The molecule has 4 heteroatoms. The lowest BCUT2D eigenvalue weighted by atomic mass is 10.1. The number of benzene rings is 1. The molecule has 1 aromatic rings. The molecule has 0 aliphatic carbocycles. The van der Waals surface area contributed by atoms with Gasteiger partial charge in [0.1, 0.15) is 0 Å². The Balaban J connectivity index is 2.29. The van der Waals surface area contributed by atoms with E-state index in [9.17, 15) is 9.90 Å². The summed E-state index contributed by atoms with van der Waals surface area (Å²) in [5.41, 5.74) is 0.321. The Morgan fingerprint density at radius 1 is 1.38 bits per heavy atom. The van der Waals surface area contributed by atoms with Crippen LogP contribution in [0.4, 0.5) is 0 Å². The summed E-state index contributed by atoms with van der Waals surface area (Å²) in [6.45, 7) is 1.55. The van der Waals surface area contributed by atoms with E-state index in [0.717, 1.165) is 25.9 Å². The molecule has 0 bridgehead atoms. The van der Waals surface area contributed by atoms with E-state index in [2.05, 4.69) is 0 Å². The van der Waals surface area contributed by atoms with Crippen molar-refractivity contribution in [1.82, 2.24) is 4.90 Å². The lowest BCUT2D eigenvalue weighted by Gasteiger charge is -2.16. The normalized spacial score (nSPS) is 15.2. The number of nitrogens with zero attached hydrogens (tertiary/aromatic N) is 1. The Labute approximate surface area is 94.4 Å². The molecule has 1 saturated heterocycles. The van der Waals surface area contributed by atoms with Crippen LogP contribution in [0.15, 0.2) is 18.2 Å². The first-order valence-corrected chi connectivity index (χ1v) is 5.39. The number of likely N-dealkylation sites (tertiary alicyclic amines) is 1. The van der Waals surface area contributed by atoms with Crippen LogP contribution in [0.5, 0.6) is 11.5 Å². The van der Waals surface area contributed by atoms with Gasteiger partial charge in [-0.1, -0.05) is 6.07 Å². The summed E-state index contributed by atoms with van der Waals surface area (Å²) in [4.78, 5) is 13.8. The molecule has 86 valence electrons. The first-order valence-electron chi connectivity index (χ1n) is 5.39. The second kappa shape index (κ2) is 4.43. The molecule has 1 aliphatic rings. The van der Waals surface area contributed by atoms with Crippen molar-refractivity contribution in [3.05, 3.63) is 23.8 Å². The molecular weight excluding hydrogens is 206 g/mol. The van der Waals surface area contributed by atoms with Crippen molar-refractivity contribution in [2.24, 2.45) is 0 Å². The summed E-state index contributed by atoms with van der Waals surface area (Å²) in [7, 11) is 1.47. The van der Waals surface area contributed by atoms with E-state index in [-0.39, 0.29) is 11.7 Å². The Morgan fingerprint density at radius 2 is 2.06 bits per heavy atom. The number of rotatable bonds is 2. The van der Waals surface area contributed by atoms with Gasteiger partial charge in [-0.15, -0.1) is 0 Å². The summed E-state index contributed by atoms with van der Waals surface area (Å²) in [6, 6.07) is 4.97. The van der Waals surface area contributed by atoms with E-state index in [1.165, 1.54) is 7.11 Å². The molecule has 0 aromatic heterocycles. The minimum atomic E-state index is -0.117. The van der Waals surface area contributed by atoms with Crippen LogP contribution in [0.1, 0.15) is 23.2 Å². The summed E-state index contributed by atoms with van der Waals surface area (Å²) < 4.78 is 4.98. The third-order valence-corrected chi connectivity index (χ3v) is 2.84. The van der Waals surface area contributed by atoms with E-state index in [1.807, 2.05) is 0 Å². The first kappa shape index (κ1) is 10.8. The molecule has 16 heavy (non-hydrogen) atoms. The molecule has 1 N–H and O–H groups in total. The maximum atomic E-state index is 12.0. The number of hydrogen-bond acceptors (Lipinski definition) is 3. The van der Waals surface area contributed by atoms with Gasteiger partial charge in [0.15, 0.2) is 11.5 Å². The van der Waals surface area contributed by atoms with Crippen molar-refractivity contribution in [2.45, 2.75) is 12.8 Å². The predicted molar refractivity (Wildman–Crippen MR) is 59.8 cm³/mol. The van der Waals surface area contributed by atoms with E-state index < -0.39 is 0 Å². The second-order valence-corrected chi connectivity index (χ2v) is 3.86. The molecule has 0 saturated carbocycles. The molecule has 0 atom stereocenters. The van der Waals surface area contributed by atoms with Crippen LogP contribution in [-0.4, -0.2) is 36.1 Å². The van der Waals surface area contributed by atoms with Gasteiger partial charge in [-0.3, -0.25) is 4.79 Å². The van der Waals surface area contributed by atoms with Gasteiger partial charge in [-0.05, 0) is 25.0 Å². The maximum absolute atomic E-state index is 12.0. The van der Waals surface area contributed by atoms with E-state index >= 15 is 0 Å². The zero-order chi connectivity index (χ0) is 11.5. The Kier molecular flexibility index (Phi) is 2.99. The number of ether oxygens (including phenoxy) is 1. The van der Waals surface area contributed by atoms with Gasteiger partial charge in [0.05, 0.1) is 12.7 Å². The fourth-order valence-electron chi connectivity index (χ4n) is 1.95. The lowest BCUT2D eigenvalue weighted by Crippen LogP contribution is -2.27. The Bertz CT molecular complexity index is 397. The summed E-state index contributed by atoms with van der Waals surface area (Å²) in [5, 5.41) is 9.85. The van der Waals surface area contributed by atoms with E-state index in [0.29, 0.717) is 11.3 Å². The molecule has 0 unspecified atom stereocenters. The molecular formula is C12H15NO3. The van der Waals surface area contributed by atoms with Crippen LogP contribution in [-0.2, 0) is 0 Å². The standard InChI is InChI=1S/C12H15NO3/c1-16-10-6-4-5-9(11(10)14)12(15)13-7-2-3-8-13/h4-6,14H,2-3,7-8H2,1H3. The molecule has 1 aromatic carbocycles. The highest BCUT2D eigenvalue weighted by Crippen LogP contribution is 2.30. The topological polar surface area (TPSA) is 49.8 Å². The maximum Gasteiger partial charge on any atom is 0.257 e. The Hall–Kier alpha value is -1.71. The number of phenolic OH excluding ortho intramolecular Hbond substituents is 1. The smallest absolute Gasteiger partial charge is 0.257 e. The third kappa shape index (κ3) is 1.83. The molecule has 1 fully saturated rings. The number of carbonyl (C=O) groups excluding carboxylic acids is 1. The van der Waals surface area contributed by atoms with Crippen molar-refractivity contribution in [2.75, 3.05) is 20.2 Å². The van der Waals surface area contributed by atoms with Crippen molar-refractivity contribution in [3.8, 4) is 11.5 Å². The van der Waals surface area contributed by atoms with Gasteiger partial charge in [-0.25, -0.2) is 0 Å². The first-order chi connectivity index (χ1) is 7.74. The van der Waals surface area contributed by atoms with Crippen LogP contribution in [0.25, 0.3) is 0 Å². The highest BCUT2D eigenvalue weighted by Gasteiger charge is 2.23. The van der Waals surface area contributed by atoms with Crippen LogP contribution in [0.2, 0.25) is 0 Å². The number of carbonyl (C=O) groups is 1. The van der Waals surface area contributed by atoms with Gasteiger partial charge in [0.2, 0.25) is 0 Å². The fraction of sp³-hybridized carbons (Fsp3) is 0.417. The minimum absolute atomic E-state index is 0.0677. The summed E-state index contributed by atoms with van der Waals surface area (Å²) >= 11 is 0. The van der Waals surface area contributed by atoms with Crippen LogP contribution in [0, 0.1) is 0 Å². The number of hydrogen-bond donors (Lipinski definition) is 1. The minimum Gasteiger partial charge on any atom is -0.504 e. The molecule has 1 amide bonds. The monoisotopic (exact) mass is 221 g/mol. The summed E-state index contributed by atoms with van der Waals surface area (Å²) in [6.07, 6.45) is 2.08. The van der Waals surface area contributed by atoms with Crippen LogP contribution in [0.3, 0.4) is 0 Å². The van der Waals surface area contributed by atoms with Crippen LogP contribution < -0.4 is 4.74 Å². The van der Waals surface area contributed by atoms with Gasteiger partial charge in [-0.2, -0.15) is 0 Å². The van der Waals surface area contributed by atoms with Crippen molar-refractivity contribution in [3.63, 3.8) is 0 Å². The predicted octanol–water partition coefficient (Wildman–Crippen LogP) is 1.64. The fourth-order valence-corrected chi connectivity index (χ4v) is 1.95.